The monoisotopic (exact) mass is 652 g/mol. The summed E-state index contributed by atoms with van der Waals surface area (Å²) in [5.74, 6) is -1.12. The summed E-state index contributed by atoms with van der Waals surface area (Å²) < 4.78 is 17.2. The lowest BCUT2D eigenvalue weighted by Crippen LogP contribution is -2.38. The Bertz CT molecular complexity index is 1590. The molecule has 2 fully saturated rings. The van der Waals surface area contributed by atoms with Gasteiger partial charge in [-0.3, -0.25) is 19.4 Å². The number of hydrogen-bond acceptors (Lipinski definition) is 9. The number of benzene rings is 3. The second-order valence-electron chi connectivity index (χ2n) is 9.95. The van der Waals surface area contributed by atoms with Crippen LogP contribution in [-0.2, 0) is 14.3 Å². The SMILES string of the molecule is O=C(CCN1C(=O)/C(=C/c2cc(-c3cccc(Cl)c3)ccc2OCCN2CCOCC2)SC1=S)Oc1ccc(C(=O)O)cc1. The highest BCUT2D eigenvalue weighted by atomic mass is 35.5. The van der Waals surface area contributed by atoms with Crippen molar-refractivity contribution >= 4 is 63.8 Å². The van der Waals surface area contributed by atoms with E-state index in [-0.39, 0.29) is 30.2 Å². The second-order valence-corrected chi connectivity index (χ2v) is 12.1. The van der Waals surface area contributed by atoms with Gasteiger partial charge in [0.25, 0.3) is 5.91 Å². The second kappa shape index (κ2) is 14.8. The number of nitrogens with zero attached hydrogens (tertiary/aromatic N) is 2. The molecule has 44 heavy (non-hydrogen) atoms. The molecule has 3 aromatic carbocycles. The summed E-state index contributed by atoms with van der Waals surface area (Å²) >= 11 is 12.9. The van der Waals surface area contributed by atoms with Crippen LogP contribution in [0.3, 0.4) is 0 Å². The fourth-order valence-electron chi connectivity index (χ4n) is 4.63. The first-order valence-electron chi connectivity index (χ1n) is 13.9. The van der Waals surface area contributed by atoms with E-state index >= 15 is 0 Å². The van der Waals surface area contributed by atoms with Gasteiger partial charge >= 0.3 is 11.9 Å². The van der Waals surface area contributed by atoms with Crippen LogP contribution in [0, 0.1) is 0 Å². The lowest BCUT2D eigenvalue weighted by Gasteiger charge is -2.26. The lowest BCUT2D eigenvalue weighted by atomic mass is 10.0. The summed E-state index contributed by atoms with van der Waals surface area (Å²) in [4.78, 5) is 40.9. The standard InChI is InChI=1S/C32H29ClN2O7S2/c33-25-3-1-2-22(19-25)23-6-9-27(41-17-14-34-12-15-40-16-13-34)24(18-23)20-28-30(37)35(32(43)44-28)11-10-29(36)42-26-7-4-21(5-8-26)31(38)39/h1-9,18-20H,10-17H2,(H,38,39)/b28-20-. The third kappa shape index (κ3) is 8.25. The summed E-state index contributed by atoms with van der Waals surface area (Å²) in [5, 5.41) is 9.64. The van der Waals surface area contributed by atoms with Gasteiger partial charge in [-0.15, -0.1) is 0 Å². The highest BCUT2D eigenvalue weighted by molar-refractivity contribution is 8.26. The molecule has 0 radical (unpaired) electrons. The van der Waals surface area contributed by atoms with Gasteiger partial charge < -0.3 is 19.3 Å². The summed E-state index contributed by atoms with van der Waals surface area (Å²) in [6.07, 6.45) is 1.67. The Morgan fingerprint density at radius 2 is 1.77 bits per heavy atom. The molecule has 0 aliphatic carbocycles. The van der Waals surface area contributed by atoms with Crippen molar-refractivity contribution in [1.29, 1.82) is 0 Å². The van der Waals surface area contributed by atoms with E-state index in [0.717, 1.165) is 42.5 Å². The molecule has 3 aromatic rings. The number of amides is 1. The maximum absolute atomic E-state index is 13.4. The average molecular weight is 653 g/mol. The van der Waals surface area contributed by atoms with Crippen molar-refractivity contribution in [3.63, 3.8) is 0 Å². The van der Waals surface area contributed by atoms with Crippen LogP contribution < -0.4 is 9.47 Å². The fraction of sp³-hybridized carbons (Fsp3) is 0.250. The van der Waals surface area contributed by atoms with Crippen LogP contribution in [-0.4, -0.2) is 83.1 Å². The van der Waals surface area contributed by atoms with Crippen molar-refractivity contribution in [3.8, 4) is 22.6 Å². The van der Waals surface area contributed by atoms with Crippen LogP contribution in [0.4, 0.5) is 0 Å². The highest BCUT2D eigenvalue weighted by Gasteiger charge is 2.32. The summed E-state index contributed by atoms with van der Waals surface area (Å²) in [6, 6.07) is 18.8. The Hall–Kier alpha value is -3.74. The minimum Gasteiger partial charge on any atom is -0.492 e. The van der Waals surface area contributed by atoms with Gasteiger partial charge in [0.2, 0.25) is 0 Å². The van der Waals surface area contributed by atoms with Crippen LogP contribution in [0.5, 0.6) is 11.5 Å². The summed E-state index contributed by atoms with van der Waals surface area (Å²) in [5.41, 5.74) is 2.64. The van der Waals surface area contributed by atoms with E-state index in [1.54, 1.807) is 6.08 Å². The minimum atomic E-state index is -1.08. The molecular formula is C32H29ClN2O7S2. The Morgan fingerprint density at radius 3 is 2.50 bits per heavy atom. The first-order chi connectivity index (χ1) is 21.3. The molecule has 9 nitrogen and oxygen atoms in total. The van der Waals surface area contributed by atoms with Crippen LogP contribution in [0.1, 0.15) is 22.3 Å². The van der Waals surface area contributed by atoms with Gasteiger partial charge in [0.1, 0.15) is 22.4 Å². The molecule has 2 aliphatic heterocycles. The summed E-state index contributed by atoms with van der Waals surface area (Å²) in [6.45, 7) is 4.39. The Labute approximate surface area is 269 Å². The molecule has 5 rings (SSSR count). The molecule has 0 aromatic heterocycles. The predicted octanol–water partition coefficient (Wildman–Crippen LogP) is 5.61. The van der Waals surface area contributed by atoms with Crippen molar-refractivity contribution in [3.05, 3.63) is 87.8 Å². The van der Waals surface area contributed by atoms with Gasteiger partial charge in [0.15, 0.2) is 0 Å². The number of thioether (sulfide) groups is 1. The zero-order valence-corrected chi connectivity index (χ0v) is 26.0. The van der Waals surface area contributed by atoms with Crippen LogP contribution in [0.25, 0.3) is 17.2 Å². The first kappa shape index (κ1) is 31.7. The van der Waals surface area contributed by atoms with Gasteiger partial charge in [0, 0.05) is 36.8 Å². The van der Waals surface area contributed by atoms with E-state index in [4.69, 9.17) is 43.1 Å². The van der Waals surface area contributed by atoms with Crippen molar-refractivity contribution in [2.75, 3.05) is 46.0 Å². The minimum absolute atomic E-state index is 0.0412. The number of carbonyl (C=O) groups excluding carboxylic acids is 2. The maximum Gasteiger partial charge on any atom is 0.335 e. The van der Waals surface area contributed by atoms with Gasteiger partial charge in [-0.05, 0) is 65.7 Å². The molecule has 0 unspecified atom stereocenters. The van der Waals surface area contributed by atoms with E-state index in [0.29, 0.717) is 45.4 Å². The number of halogens is 1. The molecule has 0 spiro atoms. The van der Waals surface area contributed by atoms with Crippen LogP contribution in [0.15, 0.2) is 71.6 Å². The quantitative estimate of drug-likeness (QED) is 0.122. The third-order valence-corrected chi connectivity index (χ3v) is 8.58. The van der Waals surface area contributed by atoms with E-state index in [2.05, 4.69) is 4.90 Å². The van der Waals surface area contributed by atoms with E-state index < -0.39 is 11.9 Å². The van der Waals surface area contributed by atoms with Crippen molar-refractivity contribution in [2.45, 2.75) is 6.42 Å². The largest absolute Gasteiger partial charge is 0.492 e. The topological polar surface area (TPSA) is 106 Å². The predicted molar refractivity (Wildman–Crippen MR) is 173 cm³/mol. The number of carbonyl (C=O) groups is 3. The number of carboxylic acid groups (broad SMARTS) is 1. The molecular weight excluding hydrogens is 624 g/mol. The molecule has 2 aliphatic rings. The molecule has 2 heterocycles. The Kier molecular flexibility index (Phi) is 10.7. The van der Waals surface area contributed by atoms with Crippen LogP contribution in [0.2, 0.25) is 5.02 Å². The fourth-order valence-corrected chi connectivity index (χ4v) is 6.12. The Morgan fingerprint density at radius 1 is 1.02 bits per heavy atom. The average Bonchev–Trinajstić information content (AvgIpc) is 3.28. The first-order valence-corrected chi connectivity index (χ1v) is 15.5. The molecule has 1 amide bonds. The zero-order chi connectivity index (χ0) is 31.1. The molecule has 2 saturated heterocycles. The third-order valence-electron chi connectivity index (χ3n) is 6.97. The number of thiocarbonyl (C=S) groups is 1. The number of aromatic carboxylic acids is 1. The number of esters is 1. The molecule has 0 saturated carbocycles. The smallest absolute Gasteiger partial charge is 0.335 e. The van der Waals surface area contributed by atoms with Gasteiger partial charge in [-0.25, -0.2) is 4.79 Å². The number of morpholine rings is 1. The van der Waals surface area contributed by atoms with Crippen molar-refractivity contribution in [1.82, 2.24) is 9.80 Å². The lowest BCUT2D eigenvalue weighted by molar-refractivity contribution is -0.134. The van der Waals surface area contributed by atoms with E-state index in [9.17, 15) is 14.4 Å². The zero-order valence-electron chi connectivity index (χ0n) is 23.6. The molecule has 12 heteroatoms. The molecule has 228 valence electrons. The molecule has 0 atom stereocenters. The number of ether oxygens (including phenoxy) is 3. The van der Waals surface area contributed by atoms with Crippen molar-refractivity contribution < 1.29 is 33.7 Å². The van der Waals surface area contributed by atoms with Gasteiger partial charge in [0.05, 0.1) is 30.1 Å². The maximum atomic E-state index is 13.4. The van der Waals surface area contributed by atoms with Crippen molar-refractivity contribution in [2.24, 2.45) is 0 Å². The molecule has 1 N–H and O–H groups in total. The highest BCUT2D eigenvalue weighted by Crippen LogP contribution is 2.36. The summed E-state index contributed by atoms with van der Waals surface area (Å²) in [7, 11) is 0. The van der Waals surface area contributed by atoms with Gasteiger partial charge in [-0.2, -0.15) is 0 Å². The number of hydrogen-bond donors (Lipinski definition) is 1. The Balaban J connectivity index is 1.29. The van der Waals surface area contributed by atoms with Crippen LogP contribution >= 0.6 is 35.6 Å². The van der Waals surface area contributed by atoms with Gasteiger partial charge in [-0.1, -0.05) is 53.8 Å². The number of carboxylic acids is 1. The normalized spacial score (nSPS) is 16.4. The number of rotatable bonds is 11. The molecule has 0 bridgehead atoms. The van der Waals surface area contributed by atoms with E-state index in [1.807, 2.05) is 42.5 Å². The van der Waals surface area contributed by atoms with E-state index in [1.165, 1.54) is 29.2 Å².